The van der Waals surface area contributed by atoms with Crippen LogP contribution in [-0.2, 0) is 16.1 Å². The number of amides is 1. The van der Waals surface area contributed by atoms with Crippen LogP contribution in [0.3, 0.4) is 0 Å². The van der Waals surface area contributed by atoms with E-state index in [-0.39, 0.29) is 11.4 Å². The van der Waals surface area contributed by atoms with Gasteiger partial charge in [0, 0.05) is 11.6 Å². The average molecular weight is 353 g/mol. The molecule has 2 heterocycles. The monoisotopic (exact) mass is 353 g/mol. The van der Waals surface area contributed by atoms with E-state index in [1.54, 1.807) is 45.4 Å². The number of carbonyl (C=O) groups is 1. The van der Waals surface area contributed by atoms with E-state index < -0.39 is 5.91 Å². The molecule has 134 valence electrons. The zero-order valence-corrected chi connectivity index (χ0v) is 14.8. The summed E-state index contributed by atoms with van der Waals surface area (Å²) < 4.78 is 10.8. The van der Waals surface area contributed by atoms with Gasteiger partial charge in [-0.25, -0.2) is 0 Å². The first-order valence-corrected chi connectivity index (χ1v) is 7.94. The summed E-state index contributed by atoms with van der Waals surface area (Å²) in [5.41, 5.74) is 1.69. The van der Waals surface area contributed by atoms with E-state index >= 15 is 0 Å². The van der Waals surface area contributed by atoms with Crippen LogP contribution in [0.25, 0.3) is 6.08 Å². The molecule has 2 aliphatic rings. The summed E-state index contributed by atoms with van der Waals surface area (Å²) in [6.07, 6.45) is 5.53. The molecule has 0 spiro atoms. The molecule has 0 atom stereocenters. The van der Waals surface area contributed by atoms with Crippen LogP contribution in [-0.4, -0.2) is 36.9 Å². The minimum atomic E-state index is -0.490. The van der Waals surface area contributed by atoms with Gasteiger partial charge in [0.05, 0.1) is 19.8 Å². The fraction of sp³-hybridized carbons (Fsp3) is 0.211. The highest BCUT2D eigenvalue weighted by Crippen LogP contribution is 2.34. The van der Waals surface area contributed by atoms with Gasteiger partial charge in [-0.15, -0.1) is 11.6 Å². The number of rotatable bonds is 5. The molecule has 0 aliphatic carbocycles. The van der Waals surface area contributed by atoms with E-state index in [1.807, 2.05) is 6.07 Å². The minimum Gasteiger partial charge on any atom is -0.493 e. The number of ether oxygens (including phenoxy) is 2. The van der Waals surface area contributed by atoms with Gasteiger partial charge in [-0.2, -0.15) is 4.99 Å². The minimum absolute atomic E-state index is 0.0619. The molecule has 26 heavy (non-hydrogen) atoms. The summed E-state index contributed by atoms with van der Waals surface area (Å²) >= 11 is 0. The van der Waals surface area contributed by atoms with E-state index in [1.165, 1.54) is 5.06 Å². The lowest BCUT2D eigenvalue weighted by molar-refractivity contribution is -0.114. The molecule has 0 saturated carbocycles. The van der Waals surface area contributed by atoms with E-state index in [2.05, 4.69) is 11.6 Å². The van der Waals surface area contributed by atoms with Crippen LogP contribution in [0.1, 0.15) is 18.1 Å². The molecule has 3 rings (SSSR count). The van der Waals surface area contributed by atoms with Crippen LogP contribution in [0, 0.1) is 5.41 Å². The van der Waals surface area contributed by atoms with Crippen molar-refractivity contribution in [3.8, 4) is 11.5 Å². The Kier molecular flexibility index (Phi) is 4.62. The second-order valence-electron chi connectivity index (χ2n) is 5.73. The molecule has 7 nitrogen and oxygen atoms in total. The summed E-state index contributed by atoms with van der Waals surface area (Å²) in [5, 5.41) is 9.51. The number of carbonyl (C=O) groups excluding carboxylic acids is 1. The zero-order valence-electron chi connectivity index (χ0n) is 14.8. The number of nitrogens with one attached hydrogen (secondary N) is 1. The maximum atomic E-state index is 12.4. The lowest BCUT2D eigenvalue weighted by atomic mass is 10.0. The van der Waals surface area contributed by atoms with Gasteiger partial charge in [-0.1, -0.05) is 6.08 Å². The standard InChI is InChI=1S/C19H19N3O4/c1-5-6-13-8-12(10-15(24-3)17(13)25-4)9-14-18(20)22-16(21-19(14)23)7-11(2)26-22/h5,7-10,20H,1,6H2,2-4H3/b14-9-,20-18?. The van der Waals surface area contributed by atoms with Crippen LogP contribution in [0.2, 0.25) is 0 Å². The van der Waals surface area contributed by atoms with Gasteiger partial charge in [-0.05, 0) is 37.1 Å². The molecule has 0 radical (unpaired) electrons. The van der Waals surface area contributed by atoms with E-state index in [0.29, 0.717) is 35.1 Å². The Morgan fingerprint density at radius 1 is 1.35 bits per heavy atom. The Bertz CT molecular complexity index is 896. The van der Waals surface area contributed by atoms with Gasteiger partial charge < -0.3 is 14.3 Å². The molecule has 1 aromatic rings. The van der Waals surface area contributed by atoms with Crippen molar-refractivity contribution in [1.82, 2.24) is 5.06 Å². The summed E-state index contributed by atoms with van der Waals surface area (Å²) in [7, 11) is 3.11. The summed E-state index contributed by atoms with van der Waals surface area (Å²) in [4.78, 5) is 21.8. The summed E-state index contributed by atoms with van der Waals surface area (Å²) in [5.74, 6) is 1.48. The highest BCUT2D eigenvalue weighted by atomic mass is 16.7. The molecule has 1 aromatic carbocycles. The van der Waals surface area contributed by atoms with Gasteiger partial charge in [0.15, 0.2) is 23.2 Å². The number of methoxy groups -OCH3 is 2. The number of aliphatic imine (C=N–C) groups is 1. The third kappa shape index (κ3) is 2.99. The average Bonchev–Trinajstić information content (AvgIpc) is 2.98. The number of nitrogens with zero attached hydrogens (tertiary/aromatic N) is 2. The largest absolute Gasteiger partial charge is 0.493 e. The van der Waals surface area contributed by atoms with Crippen molar-refractivity contribution in [2.24, 2.45) is 4.99 Å². The van der Waals surface area contributed by atoms with Gasteiger partial charge in [0.25, 0.3) is 5.91 Å². The molecule has 7 heteroatoms. The lowest BCUT2D eigenvalue weighted by Gasteiger charge is -2.23. The number of amidine groups is 2. The Morgan fingerprint density at radius 3 is 2.77 bits per heavy atom. The molecule has 0 saturated heterocycles. The lowest BCUT2D eigenvalue weighted by Crippen LogP contribution is -2.38. The van der Waals surface area contributed by atoms with E-state index in [4.69, 9.17) is 19.7 Å². The maximum absolute atomic E-state index is 12.4. The molecule has 0 fully saturated rings. The van der Waals surface area contributed by atoms with Crippen molar-refractivity contribution in [2.75, 3.05) is 14.2 Å². The summed E-state index contributed by atoms with van der Waals surface area (Å²) in [6, 6.07) is 3.61. The Labute approximate surface area is 151 Å². The fourth-order valence-electron chi connectivity index (χ4n) is 2.82. The third-order valence-electron chi connectivity index (χ3n) is 3.93. The number of allylic oxidation sites excluding steroid dienone is 2. The Balaban J connectivity index is 2.05. The van der Waals surface area contributed by atoms with Crippen molar-refractivity contribution in [1.29, 1.82) is 5.41 Å². The van der Waals surface area contributed by atoms with Crippen LogP contribution in [0.5, 0.6) is 11.5 Å². The van der Waals surface area contributed by atoms with Crippen molar-refractivity contribution in [3.63, 3.8) is 0 Å². The highest BCUT2D eigenvalue weighted by Gasteiger charge is 2.34. The van der Waals surface area contributed by atoms with Crippen molar-refractivity contribution >= 4 is 23.7 Å². The molecule has 0 bridgehead atoms. The van der Waals surface area contributed by atoms with Crippen molar-refractivity contribution in [3.05, 3.63) is 53.3 Å². The highest BCUT2D eigenvalue weighted by molar-refractivity contribution is 6.32. The molecular formula is C19H19N3O4. The van der Waals surface area contributed by atoms with Gasteiger partial charge in [0.2, 0.25) is 0 Å². The van der Waals surface area contributed by atoms with Crippen LogP contribution < -0.4 is 9.47 Å². The maximum Gasteiger partial charge on any atom is 0.282 e. The zero-order chi connectivity index (χ0) is 18.8. The Morgan fingerprint density at radius 2 is 2.12 bits per heavy atom. The molecule has 2 aliphatic heterocycles. The fourth-order valence-corrected chi connectivity index (χ4v) is 2.82. The SMILES string of the molecule is C=CCc1cc(/C=C2/C(=N)N3OC(C)=CC3=NC2=O)cc(OC)c1OC. The number of hydrogen-bond donors (Lipinski definition) is 1. The molecular weight excluding hydrogens is 334 g/mol. The van der Waals surface area contributed by atoms with Crippen LogP contribution >= 0.6 is 0 Å². The number of benzene rings is 1. The molecule has 1 amide bonds. The van der Waals surface area contributed by atoms with Crippen molar-refractivity contribution in [2.45, 2.75) is 13.3 Å². The van der Waals surface area contributed by atoms with E-state index in [9.17, 15) is 4.79 Å². The van der Waals surface area contributed by atoms with Crippen molar-refractivity contribution < 1.29 is 19.1 Å². The van der Waals surface area contributed by atoms with Crippen LogP contribution in [0.15, 0.2) is 47.2 Å². The first kappa shape index (κ1) is 17.5. The first-order chi connectivity index (χ1) is 12.5. The second kappa shape index (κ2) is 6.87. The third-order valence-corrected chi connectivity index (χ3v) is 3.93. The molecule has 0 unspecified atom stereocenters. The first-order valence-electron chi connectivity index (χ1n) is 7.94. The normalized spacial score (nSPS) is 17.5. The van der Waals surface area contributed by atoms with Gasteiger partial charge >= 0.3 is 0 Å². The van der Waals surface area contributed by atoms with Gasteiger partial charge in [-0.3, -0.25) is 10.2 Å². The number of hydrogen-bond acceptors (Lipinski definition) is 5. The predicted octanol–water partition coefficient (Wildman–Crippen LogP) is 2.88. The summed E-state index contributed by atoms with van der Waals surface area (Å²) in [6.45, 7) is 5.49. The molecule has 1 N–H and O–H groups in total. The quantitative estimate of drug-likeness (QED) is 0.650. The van der Waals surface area contributed by atoms with E-state index in [0.717, 1.165) is 5.56 Å². The van der Waals surface area contributed by atoms with Gasteiger partial charge in [0.1, 0.15) is 5.76 Å². The number of fused-ring (bicyclic) bond motifs is 1. The molecule has 0 aromatic heterocycles. The predicted molar refractivity (Wildman–Crippen MR) is 98.3 cm³/mol. The van der Waals surface area contributed by atoms with Crippen LogP contribution in [0.4, 0.5) is 0 Å². The Hall–Kier alpha value is -3.35. The smallest absolute Gasteiger partial charge is 0.282 e. The second-order valence-corrected chi connectivity index (χ2v) is 5.73. The topological polar surface area (TPSA) is 84.2 Å². The number of hydroxylamine groups is 2.